The Labute approximate surface area is 81.0 Å². The molecular weight excluding hydrogens is 192 g/mol. The third-order valence-corrected chi connectivity index (χ3v) is 3.90. The summed E-state index contributed by atoms with van der Waals surface area (Å²) in [7, 11) is 0. The van der Waals surface area contributed by atoms with Gasteiger partial charge in [0.15, 0.2) is 0 Å². The summed E-state index contributed by atoms with van der Waals surface area (Å²) < 4.78 is 0.755. The van der Waals surface area contributed by atoms with Crippen LogP contribution in [0.5, 0.6) is 0 Å². The van der Waals surface area contributed by atoms with Gasteiger partial charge in [-0.1, -0.05) is 11.6 Å². The van der Waals surface area contributed by atoms with Crippen LogP contribution in [0.1, 0.15) is 24.6 Å². The van der Waals surface area contributed by atoms with Crippen LogP contribution in [0.25, 0.3) is 0 Å². The van der Waals surface area contributed by atoms with E-state index in [0.717, 1.165) is 22.1 Å². The molecule has 1 atom stereocenters. The van der Waals surface area contributed by atoms with Gasteiger partial charge in [-0.3, -0.25) is 0 Å². The molecule has 1 aliphatic carbocycles. The first-order valence-corrected chi connectivity index (χ1v) is 5.28. The van der Waals surface area contributed by atoms with Crippen LogP contribution in [0, 0.1) is 5.92 Å². The molecule has 12 heavy (non-hydrogen) atoms. The van der Waals surface area contributed by atoms with Gasteiger partial charge in [0.25, 0.3) is 0 Å². The van der Waals surface area contributed by atoms with E-state index < -0.39 is 5.60 Å². The fraction of sp³-hybridized carbons (Fsp3) is 0.556. The summed E-state index contributed by atoms with van der Waals surface area (Å²) in [5.74, 6) is 0.451. The predicted octanol–water partition coefficient (Wildman–Crippen LogP) is 3.02. The van der Waals surface area contributed by atoms with Gasteiger partial charge in [-0.05, 0) is 37.8 Å². The zero-order valence-electron chi connectivity index (χ0n) is 6.88. The van der Waals surface area contributed by atoms with Crippen molar-refractivity contribution in [2.45, 2.75) is 25.4 Å². The first-order valence-electron chi connectivity index (χ1n) is 4.09. The summed E-state index contributed by atoms with van der Waals surface area (Å²) in [6, 6.07) is 3.77. The minimum absolute atomic E-state index is 0.451. The molecule has 3 heteroatoms. The van der Waals surface area contributed by atoms with Crippen molar-refractivity contribution in [1.29, 1.82) is 0 Å². The lowest BCUT2D eigenvalue weighted by Crippen LogP contribution is -2.21. The van der Waals surface area contributed by atoms with Crippen molar-refractivity contribution < 1.29 is 5.11 Å². The molecule has 1 saturated carbocycles. The summed E-state index contributed by atoms with van der Waals surface area (Å²) in [5, 5.41) is 10.1. The molecule has 0 radical (unpaired) electrons. The summed E-state index contributed by atoms with van der Waals surface area (Å²) in [4.78, 5) is 0.995. The Morgan fingerprint density at radius 3 is 2.67 bits per heavy atom. The average molecular weight is 203 g/mol. The van der Waals surface area contributed by atoms with E-state index in [1.54, 1.807) is 0 Å². The van der Waals surface area contributed by atoms with Crippen LogP contribution in [-0.2, 0) is 5.60 Å². The third kappa shape index (κ3) is 1.39. The average Bonchev–Trinajstić information content (AvgIpc) is 2.75. The largest absolute Gasteiger partial charge is 0.384 e. The van der Waals surface area contributed by atoms with Crippen LogP contribution in [0.15, 0.2) is 12.1 Å². The lowest BCUT2D eigenvalue weighted by Gasteiger charge is -2.20. The van der Waals surface area contributed by atoms with Crippen LogP contribution in [0.2, 0.25) is 4.34 Å². The first kappa shape index (κ1) is 8.54. The monoisotopic (exact) mass is 202 g/mol. The molecule has 1 unspecified atom stereocenters. The molecule has 1 nitrogen and oxygen atoms in total. The van der Waals surface area contributed by atoms with Crippen molar-refractivity contribution >= 4 is 22.9 Å². The molecule has 1 fully saturated rings. The summed E-state index contributed by atoms with van der Waals surface area (Å²) in [5.41, 5.74) is -0.641. The standard InChI is InChI=1S/C9H11ClOS/c1-9(11,6-2-3-6)7-4-5-8(10)12-7/h4-6,11H,2-3H2,1H3. The predicted molar refractivity (Wildman–Crippen MR) is 51.6 cm³/mol. The van der Waals surface area contributed by atoms with Crippen LogP contribution in [-0.4, -0.2) is 5.11 Å². The van der Waals surface area contributed by atoms with Gasteiger partial charge < -0.3 is 5.11 Å². The molecule has 1 aliphatic rings. The van der Waals surface area contributed by atoms with Crippen molar-refractivity contribution in [2.24, 2.45) is 5.92 Å². The molecule has 0 amide bonds. The van der Waals surface area contributed by atoms with E-state index in [1.807, 2.05) is 19.1 Å². The lowest BCUT2D eigenvalue weighted by molar-refractivity contribution is 0.0368. The third-order valence-electron chi connectivity index (χ3n) is 2.44. The van der Waals surface area contributed by atoms with E-state index in [4.69, 9.17) is 11.6 Å². The van der Waals surface area contributed by atoms with Gasteiger partial charge in [-0.15, -0.1) is 11.3 Å². The molecule has 66 valence electrons. The van der Waals surface area contributed by atoms with Crippen molar-refractivity contribution in [3.05, 3.63) is 21.3 Å². The normalized spacial score (nSPS) is 22.2. The summed E-state index contributed by atoms with van der Waals surface area (Å²) >= 11 is 7.28. The van der Waals surface area contributed by atoms with E-state index in [0.29, 0.717) is 5.92 Å². The maximum absolute atomic E-state index is 10.1. The second kappa shape index (κ2) is 2.72. The maximum Gasteiger partial charge on any atom is 0.0988 e. The van der Waals surface area contributed by atoms with Gasteiger partial charge in [0.1, 0.15) is 0 Å². The smallest absolute Gasteiger partial charge is 0.0988 e. The molecular formula is C9H11ClOS. The van der Waals surface area contributed by atoms with E-state index in [-0.39, 0.29) is 0 Å². The molecule has 0 saturated heterocycles. The Kier molecular flexibility index (Phi) is 1.94. The Bertz CT molecular complexity index is 288. The zero-order valence-corrected chi connectivity index (χ0v) is 8.45. The SMILES string of the molecule is CC(O)(c1ccc(Cl)s1)C1CC1. The molecule has 0 spiro atoms. The van der Waals surface area contributed by atoms with Crippen molar-refractivity contribution in [2.75, 3.05) is 0 Å². The number of aliphatic hydroxyl groups is 1. The van der Waals surface area contributed by atoms with Crippen molar-refractivity contribution in [1.82, 2.24) is 0 Å². The fourth-order valence-corrected chi connectivity index (χ4v) is 2.60. The maximum atomic E-state index is 10.1. The van der Waals surface area contributed by atoms with E-state index in [2.05, 4.69) is 0 Å². The van der Waals surface area contributed by atoms with Crippen LogP contribution < -0.4 is 0 Å². The molecule has 1 heterocycles. The van der Waals surface area contributed by atoms with Crippen molar-refractivity contribution in [3.8, 4) is 0 Å². The lowest BCUT2D eigenvalue weighted by atomic mass is 9.99. The topological polar surface area (TPSA) is 20.2 Å². The second-order valence-corrected chi connectivity index (χ2v) is 5.24. The summed E-state index contributed by atoms with van der Waals surface area (Å²) in [6.45, 7) is 1.88. The number of rotatable bonds is 2. The molecule has 2 rings (SSSR count). The fourth-order valence-electron chi connectivity index (χ4n) is 1.43. The highest BCUT2D eigenvalue weighted by Gasteiger charge is 2.41. The van der Waals surface area contributed by atoms with Crippen LogP contribution in [0.3, 0.4) is 0 Å². The van der Waals surface area contributed by atoms with Gasteiger partial charge in [0, 0.05) is 4.88 Å². The van der Waals surface area contributed by atoms with Crippen LogP contribution in [0.4, 0.5) is 0 Å². The highest BCUT2D eigenvalue weighted by atomic mass is 35.5. The quantitative estimate of drug-likeness (QED) is 0.782. The molecule has 0 bridgehead atoms. The number of halogens is 1. The minimum atomic E-state index is -0.641. The van der Waals surface area contributed by atoms with Gasteiger partial charge >= 0.3 is 0 Å². The van der Waals surface area contributed by atoms with Crippen LogP contribution >= 0.6 is 22.9 Å². The number of hydrogen-bond acceptors (Lipinski definition) is 2. The molecule has 1 aromatic rings. The Morgan fingerprint density at radius 1 is 1.58 bits per heavy atom. The number of thiophene rings is 1. The summed E-state index contributed by atoms with van der Waals surface area (Å²) in [6.07, 6.45) is 2.28. The highest BCUT2D eigenvalue weighted by molar-refractivity contribution is 7.16. The molecule has 1 aromatic heterocycles. The molecule has 0 aliphatic heterocycles. The van der Waals surface area contributed by atoms with Gasteiger partial charge in [-0.25, -0.2) is 0 Å². The highest BCUT2D eigenvalue weighted by Crippen LogP contribution is 2.47. The Morgan fingerprint density at radius 2 is 2.25 bits per heavy atom. The van der Waals surface area contributed by atoms with E-state index in [1.165, 1.54) is 11.3 Å². The van der Waals surface area contributed by atoms with E-state index in [9.17, 15) is 5.11 Å². The van der Waals surface area contributed by atoms with Gasteiger partial charge in [0.05, 0.1) is 9.94 Å². The Balaban J connectivity index is 2.27. The van der Waals surface area contributed by atoms with E-state index >= 15 is 0 Å². The van der Waals surface area contributed by atoms with Gasteiger partial charge in [0.2, 0.25) is 0 Å². The second-order valence-electron chi connectivity index (χ2n) is 3.53. The van der Waals surface area contributed by atoms with Crippen molar-refractivity contribution in [3.63, 3.8) is 0 Å². The molecule has 1 N–H and O–H groups in total. The Hall–Kier alpha value is -0.0500. The molecule has 0 aromatic carbocycles. The van der Waals surface area contributed by atoms with Gasteiger partial charge in [-0.2, -0.15) is 0 Å². The zero-order chi connectivity index (χ0) is 8.77. The first-order chi connectivity index (χ1) is 5.60. The minimum Gasteiger partial charge on any atom is -0.384 e. The number of hydrogen-bond donors (Lipinski definition) is 1.